The fraction of sp³-hybridized carbons (Fsp3) is 0.412. The van der Waals surface area contributed by atoms with Gasteiger partial charge in [0.05, 0.1) is 19.8 Å². The van der Waals surface area contributed by atoms with Crippen LogP contribution in [0.15, 0.2) is 36.7 Å². The van der Waals surface area contributed by atoms with E-state index in [2.05, 4.69) is 4.98 Å². The molecule has 2 aromatic rings. The summed E-state index contributed by atoms with van der Waals surface area (Å²) in [5, 5.41) is 10.8. The van der Waals surface area contributed by atoms with Crippen LogP contribution in [0.2, 0.25) is 0 Å². The van der Waals surface area contributed by atoms with E-state index in [4.69, 9.17) is 9.47 Å². The van der Waals surface area contributed by atoms with Crippen LogP contribution < -0.4 is 4.74 Å². The average Bonchev–Trinajstić information content (AvgIpc) is 2.91. The zero-order valence-corrected chi connectivity index (χ0v) is 13.9. The Morgan fingerprint density at radius 1 is 1.52 bits per heavy atom. The van der Waals surface area contributed by atoms with Crippen LogP contribution in [0, 0.1) is 5.82 Å². The number of halogens is 1. The summed E-state index contributed by atoms with van der Waals surface area (Å²) in [5.41, 5.74) is -1.40. The number of carbonyl (C=O) groups excluding carboxylic acids is 1. The lowest BCUT2D eigenvalue weighted by Gasteiger charge is -2.30. The molecule has 8 heteroatoms. The lowest BCUT2D eigenvalue weighted by molar-refractivity contribution is -0.0622. The van der Waals surface area contributed by atoms with Gasteiger partial charge in [-0.3, -0.25) is 4.79 Å². The van der Waals surface area contributed by atoms with Crippen molar-refractivity contribution in [2.24, 2.45) is 7.05 Å². The molecular formula is C17H20FN3O4. The van der Waals surface area contributed by atoms with Gasteiger partial charge in [-0.05, 0) is 12.1 Å². The predicted molar refractivity (Wildman–Crippen MR) is 86.8 cm³/mol. The second-order valence-corrected chi connectivity index (χ2v) is 6.11. The van der Waals surface area contributed by atoms with E-state index in [-0.39, 0.29) is 31.5 Å². The summed E-state index contributed by atoms with van der Waals surface area (Å²) in [7, 11) is 1.73. The van der Waals surface area contributed by atoms with Gasteiger partial charge in [0.25, 0.3) is 5.91 Å². The molecule has 0 unspecified atom stereocenters. The number of β-amino-alcohol motifs (C(OH)–C–C–N with tert-alkyl or cyclic N) is 1. The molecule has 134 valence electrons. The van der Waals surface area contributed by atoms with Gasteiger partial charge in [0.1, 0.15) is 23.8 Å². The number of carbonyl (C=O) groups is 1. The van der Waals surface area contributed by atoms with Gasteiger partial charge in [-0.15, -0.1) is 0 Å². The summed E-state index contributed by atoms with van der Waals surface area (Å²) in [5.74, 6) is -0.120. The van der Waals surface area contributed by atoms with Crippen molar-refractivity contribution >= 4 is 5.91 Å². The first-order chi connectivity index (χ1) is 12.0. The molecule has 1 N–H and O–H groups in total. The van der Waals surface area contributed by atoms with E-state index < -0.39 is 11.4 Å². The summed E-state index contributed by atoms with van der Waals surface area (Å²) in [6.45, 7) is 0.577. The van der Waals surface area contributed by atoms with Gasteiger partial charge < -0.3 is 24.0 Å². The number of ether oxygens (including phenoxy) is 2. The first kappa shape index (κ1) is 17.4. The lowest BCUT2D eigenvalue weighted by atomic mass is 10.1. The van der Waals surface area contributed by atoms with Crippen LogP contribution in [0.1, 0.15) is 10.6 Å². The molecule has 1 aromatic carbocycles. The van der Waals surface area contributed by atoms with Crippen molar-refractivity contribution in [1.29, 1.82) is 0 Å². The van der Waals surface area contributed by atoms with Crippen LogP contribution in [0.3, 0.4) is 0 Å². The Kier molecular flexibility index (Phi) is 5.00. The van der Waals surface area contributed by atoms with Crippen molar-refractivity contribution in [1.82, 2.24) is 14.5 Å². The maximum absolute atomic E-state index is 13.2. The zero-order valence-electron chi connectivity index (χ0n) is 13.9. The number of imidazole rings is 1. The third-order valence-electron chi connectivity index (χ3n) is 3.96. The maximum atomic E-state index is 13.2. The standard InChI is InChI=1S/C17H20FN3O4/c1-20-6-5-19-15(20)16(22)21-7-8-24-11-17(23,10-21)12-25-14-4-2-3-13(18)9-14/h2-6,9,23H,7-8,10-12H2,1H3/t17-/m0/s1. The maximum Gasteiger partial charge on any atom is 0.290 e. The Labute approximate surface area is 144 Å². The minimum atomic E-state index is -1.40. The molecule has 0 bridgehead atoms. The van der Waals surface area contributed by atoms with Crippen molar-refractivity contribution < 1.29 is 23.8 Å². The average molecular weight is 349 g/mol. The van der Waals surface area contributed by atoms with Gasteiger partial charge in [-0.1, -0.05) is 6.07 Å². The van der Waals surface area contributed by atoms with Gasteiger partial charge >= 0.3 is 0 Å². The second kappa shape index (κ2) is 7.20. The third kappa shape index (κ3) is 4.15. The van der Waals surface area contributed by atoms with Crippen LogP contribution in [0.25, 0.3) is 0 Å². The summed E-state index contributed by atoms with van der Waals surface area (Å²) in [4.78, 5) is 18.2. The molecule has 0 saturated carbocycles. The van der Waals surface area contributed by atoms with Crippen molar-refractivity contribution in [3.8, 4) is 5.75 Å². The predicted octanol–water partition coefficient (Wildman–Crippen LogP) is 0.842. The molecule has 7 nitrogen and oxygen atoms in total. The summed E-state index contributed by atoms with van der Waals surface area (Å²) >= 11 is 0. The van der Waals surface area contributed by atoms with Crippen LogP contribution >= 0.6 is 0 Å². The third-order valence-corrected chi connectivity index (χ3v) is 3.96. The highest BCUT2D eigenvalue weighted by Gasteiger charge is 2.36. The Hall–Kier alpha value is -2.45. The van der Waals surface area contributed by atoms with Gasteiger partial charge in [0.2, 0.25) is 0 Å². The zero-order chi connectivity index (χ0) is 17.9. The highest BCUT2D eigenvalue weighted by atomic mass is 19.1. The van der Waals surface area contributed by atoms with E-state index in [0.29, 0.717) is 18.9 Å². The fourth-order valence-electron chi connectivity index (χ4n) is 2.67. The van der Waals surface area contributed by atoms with E-state index in [9.17, 15) is 14.3 Å². The van der Waals surface area contributed by atoms with Crippen LogP contribution in [-0.4, -0.2) is 64.0 Å². The molecule has 1 aliphatic heterocycles. The molecule has 0 spiro atoms. The molecule has 1 fully saturated rings. The van der Waals surface area contributed by atoms with Crippen molar-refractivity contribution in [3.05, 3.63) is 48.3 Å². The Morgan fingerprint density at radius 2 is 2.36 bits per heavy atom. The molecule has 0 radical (unpaired) electrons. The molecule has 1 atom stereocenters. The molecule has 1 aromatic heterocycles. The van der Waals surface area contributed by atoms with Gasteiger partial charge in [0.15, 0.2) is 5.82 Å². The lowest BCUT2D eigenvalue weighted by Crippen LogP contribution is -2.50. The monoisotopic (exact) mass is 349 g/mol. The molecule has 1 saturated heterocycles. The van der Waals surface area contributed by atoms with Crippen molar-refractivity contribution in [2.75, 3.05) is 32.9 Å². The molecule has 1 aliphatic rings. The largest absolute Gasteiger partial charge is 0.490 e. The Bertz CT molecular complexity index is 751. The van der Waals surface area contributed by atoms with E-state index in [1.54, 1.807) is 30.1 Å². The Morgan fingerprint density at radius 3 is 3.08 bits per heavy atom. The Balaban J connectivity index is 1.70. The molecule has 2 heterocycles. The van der Waals surface area contributed by atoms with E-state index >= 15 is 0 Å². The number of benzene rings is 1. The summed E-state index contributed by atoms with van der Waals surface area (Å²) < 4.78 is 25.8. The van der Waals surface area contributed by atoms with Crippen LogP contribution in [-0.2, 0) is 11.8 Å². The first-order valence-corrected chi connectivity index (χ1v) is 7.92. The number of nitrogens with zero attached hydrogens (tertiary/aromatic N) is 3. The second-order valence-electron chi connectivity index (χ2n) is 6.11. The summed E-state index contributed by atoms with van der Waals surface area (Å²) in [6.07, 6.45) is 3.22. The number of rotatable bonds is 4. The SMILES string of the molecule is Cn1ccnc1C(=O)N1CCOC[C@](O)(COc2cccc(F)c2)C1. The molecule has 25 heavy (non-hydrogen) atoms. The van der Waals surface area contributed by atoms with Gasteiger partial charge in [0, 0.05) is 32.1 Å². The van der Waals surface area contributed by atoms with E-state index in [1.807, 2.05) is 0 Å². The molecular weight excluding hydrogens is 329 g/mol. The summed E-state index contributed by atoms with van der Waals surface area (Å²) in [6, 6.07) is 5.66. The normalized spacial score (nSPS) is 21.0. The highest BCUT2D eigenvalue weighted by molar-refractivity contribution is 5.90. The van der Waals surface area contributed by atoms with Crippen LogP contribution in [0.4, 0.5) is 4.39 Å². The number of aliphatic hydroxyl groups is 1. The molecule has 3 rings (SSSR count). The number of hydrogen-bond acceptors (Lipinski definition) is 5. The minimum Gasteiger partial charge on any atom is -0.490 e. The van der Waals surface area contributed by atoms with Crippen molar-refractivity contribution in [3.63, 3.8) is 0 Å². The number of aryl methyl sites for hydroxylation is 1. The topological polar surface area (TPSA) is 76.8 Å². The smallest absolute Gasteiger partial charge is 0.290 e. The number of aromatic nitrogens is 2. The van der Waals surface area contributed by atoms with Gasteiger partial charge in [-0.25, -0.2) is 9.37 Å². The van der Waals surface area contributed by atoms with Gasteiger partial charge in [-0.2, -0.15) is 0 Å². The number of amides is 1. The van der Waals surface area contributed by atoms with E-state index in [0.717, 1.165) is 0 Å². The van der Waals surface area contributed by atoms with Crippen molar-refractivity contribution in [2.45, 2.75) is 5.60 Å². The first-order valence-electron chi connectivity index (χ1n) is 7.92. The fourth-order valence-corrected chi connectivity index (χ4v) is 2.67. The molecule has 1 amide bonds. The number of hydrogen-bond donors (Lipinski definition) is 1. The molecule has 0 aliphatic carbocycles. The van der Waals surface area contributed by atoms with Crippen LogP contribution in [0.5, 0.6) is 5.75 Å². The minimum absolute atomic E-state index is 0.0205. The van der Waals surface area contributed by atoms with E-state index in [1.165, 1.54) is 23.1 Å². The highest BCUT2D eigenvalue weighted by Crippen LogP contribution is 2.18. The quantitative estimate of drug-likeness (QED) is 0.885.